The fourth-order valence-electron chi connectivity index (χ4n) is 2.79. The summed E-state index contributed by atoms with van der Waals surface area (Å²) < 4.78 is 15.5. The van der Waals surface area contributed by atoms with Crippen molar-refractivity contribution in [3.63, 3.8) is 0 Å². The van der Waals surface area contributed by atoms with Crippen LogP contribution in [0, 0.1) is 0 Å². The van der Waals surface area contributed by atoms with Crippen molar-refractivity contribution in [2.75, 3.05) is 6.54 Å². The van der Waals surface area contributed by atoms with Crippen molar-refractivity contribution in [2.45, 2.75) is 20.0 Å². The topological polar surface area (TPSA) is 147 Å². The Kier molecular flexibility index (Phi) is 6.66. The zero-order valence-corrected chi connectivity index (χ0v) is 16.8. The molecule has 3 rings (SSSR count). The lowest BCUT2D eigenvalue weighted by Crippen LogP contribution is -2.23. The van der Waals surface area contributed by atoms with Gasteiger partial charge >= 0.3 is 17.6 Å². The first kappa shape index (κ1) is 21.6. The molecular weight excluding hydrogens is 402 g/mol. The Bertz CT molecular complexity index is 1190. The number of ether oxygens (including phenoxy) is 2. The molecule has 0 unspecified atom stereocenters. The summed E-state index contributed by atoms with van der Waals surface area (Å²) in [5.74, 6) is -0.947. The van der Waals surface area contributed by atoms with Crippen LogP contribution in [-0.4, -0.2) is 24.4 Å². The van der Waals surface area contributed by atoms with E-state index in [0.29, 0.717) is 29.5 Å². The summed E-state index contributed by atoms with van der Waals surface area (Å²) in [6, 6.07) is 13.1. The smallest absolute Gasteiger partial charge is 0.351 e. The van der Waals surface area contributed by atoms with E-state index in [1.165, 1.54) is 13.0 Å². The third-order valence-electron chi connectivity index (χ3n) is 4.29. The maximum Gasteiger partial charge on any atom is 0.351 e. The minimum atomic E-state index is -0.839. The molecule has 3 aromatic rings. The molecule has 0 aliphatic heterocycles. The van der Waals surface area contributed by atoms with Crippen LogP contribution in [0.5, 0.6) is 5.75 Å². The Hall–Kier alpha value is -4.14. The molecule has 0 atom stereocenters. The lowest BCUT2D eigenvalue weighted by atomic mass is 10.1. The Morgan fingerprint density at radius 1 is 1.03 bits per heavy atom. The number of carbonyl (C=O) groups excluding carboxylic acids is 2. The van der Waals surface area contributed by atoms with E-state index in [9.17, 15) is 14.4 Å². The van der Waals surface area contributed by atoms with E-state index in [1.54, 1.807) is 42.5 Å². The number of nitrogens with two attached hydrogens (primary N) is 2. The molecule has 0 saturated heterocycles. The standard InChI is InChI=1S/C22H21N3O6/c1-13(26)29-12-15-4-7-19-16(10-15)11-18(21(28)31-19)20(27)30-17-5-2-14(3-6-17)8-9-25-22(23)24/h2-7,10-11H,8-9,12H2,1H3,(H4,23,24,25). The molecule has 31 heavy (non-hydrogen) atoms. The second kappa shape index (κ2) is 9.57. The van der Waals surface area contributed by atoms with E-state index in [4.69, 9.17) is 25.4 Å². The number of hydrogen-bond donors (Lipinski definition) is 2. The fourth-order valence-corrected chi connectivity index (χ4v) is 2.79. The number of guanidine groups is 1. The van der Waals surface area contributed by atoms with Crippen LogP contribution in [0.3, 0.4) is 0 Å². The number of rotatable bonds is 7. The number of carbonyl (C=O) groups is 2. The van der Waals surface area contributed by atoms with E-state index in [0.717, 1.165) is 5.56 Å². The summed E-state index contributed by atoms with van der Waals surface area (Å²) in [6.45, 7) is 1.82. The highest BCUT2D eigenvalue weighted by Crippen LogP contribution is 2.19. The second-order valence-corrected chi connectivity index (χ2v) is 6.69. The molecule has 0 fully saturated rings. The van der Waals surface area contributed by atoms with Crippen molar-refractivity contribution in [1.82, 2.24) is 0 Å². The van der Waals surface area contributed by atoms with Gasteiger partial charge in [0.1, 0.15) is 23.5 Å². The first-order valence-electron chi connectivity index (χ1n) is 9.38. The highest BCUT2D eigenvalue weighted by atomic mass is 16.5. The molecule has 4 N–H and O–H groups in total. The Morgan fingerprint density at radius 2 is 1.74 bits per heavy atom. The molecule has 0 spiro atoms. The molecule has 0 saturated carbocycles. The molecule has 0 aliphatic carbocycles. The zero-order chi connectivity index (χ0) is 22.4. The van der Waals surface area contributed by atoms with Crippen LogP contribution in [0.4, 0.5) is 0 Å². The quantitative estimate of drug-likeness (QED) is 0.192. The summed E-state index contributed by atoms with van der Waals surface area (Å²) in [6.07, 6.45) is 0.621. The van der Waals surface area contributed by atoms with Crippen molar-refractivity contribution in [1.29, 1.82) is 0 Å². The number of hydrogen-bond acceptors (Lipinski definition) is 7. The summed E-state index contributed by atoms with van der Waals surface area (Å²) in [5, 5.41) is 0.506. The molecule has 1 aromatic heterocycles. The molecule has 160 valence electrons. The van der Waals surface area contributed by atoms with Gasteiger partial charge in [-0.1, -0.05) is 18.2 Å². The van der Waals surface area contributed by atoms with Crippen molar-refractivity contribution in [3.8, 4) is 5.75 Å². The monoisotopic (exact) mass is 423 g/mol. The number of aliphatic imine (C=N–C) groups is 1. The van der Waals surface area contributed by atoms with Crippen molar-refractivity contribution in [2.24, 2.45) is 16.5 Å². The molecule has 1 heterocycles. The van der Waals surface area contributed by atoms with Crippen molar-refractivity contribution >= 4 is 28.9 Å². The highest BCUT2D eigenvalue weighted by Gasteiger charge is 2.16. The van der Waals surface area contributed by atoms with Gasteiger partial charge in [0.2, 0.25) is 0 Å². The zero-order valence-electron chi connectivity index (χ0n) is 16.8. The summed E-state index contributed by atoms with van der Waals surface area (Å²) in [7, 11) is 0. The van der Waals surface area contributed by atoms with E-state index in [2.05, 4.69) is 4.99 Å². The Balaban J connectivity index is 1.75. The Morgan fingerprint density at radius 3 is 2.42 bits per heavy atom. The normalized spacial score (nSPS) is 10.5. The van der Waals surface area contributed by atoms with Gasteiger partial charge in [-0.15, -0.1) is 0 Å². The highest BCUT2D eigenvalue weighted by molar-refractivity contribution is 5.94. The van der Waals surface area contributed by atoms with Gasteiger partial charge in [0.15, 0.2) is 5.96 Å². The van der Waals surface area contributed by atoms with Crippen LogP contribution in [0.25, 0.3) is 11.0 Å². The van der Waals surface area contributed by atoms with E-state index >= 15 is 0 Å². The lowest BCUT2D eigenvalue weighted by molar-refractivity contribution is -0.142. The minimum Gasteiger partial charge on any atom is -0.461 e. The maximum atomic E-state index is 12.5. The van der Waals surface area contributed by atoms with Crippen LogP contribution in [0.15, 0.2) is 62.7 Å². The number of benzene rings is 2. The number of esters is 2. The van der Waals surface area contributed by atoms with Crippen LogP contribution < -0.4 is 21.8 Å². The van der Waals surface area contributed by atoms with Crippen LogP contribution in [-0.2, 0) is 22.6 Å². The molecular formula is C22H21N3O6. The minimum absolute atomic E-state index is 0.0262. The Labute approximate surface area is 177 Å². The number of nitrogens with zero attached hydrogens (tertiary/aromatic N) is 1. The molecule has 9 heteroatoms. The average Bonchev–Trinajstić information content (AvgIpc) is 2.72. The molecule has 0 bridgehead atoms. The van der Waals surface area contributed by atoms with Crippen molar-refractivity contribution < 1.29 is 23.5 Å². The molecule has 9 nitrogen and oxygen atoms in total. The molecule has 0 amide bonds. The first-order valence-corrected chi connectivity index (χ1v) is 9.38. The predicted molar refractivity (Wildman–Crippen MR) is 114 cm³/mol. The van der Waals surface area contributed by atoms with Gasteiger partial charge in [0.25, 0.3) is 0 Å². The van der Waals surface area contributed by atoms with E-state index in [-0.39, 0.29) is 23.9 Å². The fraction of sp³-hybridized carbons (Fsp3) is 0.182. The SMILES string of the molecule is CC(=O)OCc1ccc2oc(=O)c(C(=O)Oc3ccc(CCN=C(N)N)cc3)cc2c1. The van der Waals surface area contributed by atoms with Gasteiger partial charge in [0, 0.05) is 18.9 Å². The predicted octanol–water partition coefficient (Wildman–Crippen LogP) is 1.89. The largest absolute Gasteiger partial charge is 0.461 e. The third-order valence-corrected chi connectivity index (χ3v) is 4.29. The third kappa shape index (κ3) is 5.92. The van der Waals surface area contributed by atoms with Gasteiger partial charge < -0.3 is 25.4 Å². The summed E-state index contributed by atoms with van der Waals surface area (Å²) in [4.78, 5) is 39.6. The van der Waals surface area contributed by atoms with Gasteiger partial charge in [0.05, 0.1) is 0 Å². The van der Waals surface area contributed by atoms with Gasteiger partial charge in [-0.2, -0.15) is 0 Å². The van der Waals surface area contributed by atoms with Crippen LogP contribution >= 0.6 is 0 Å². The second-order valence-electron chi connectivity index (χ2n) is 6.69. The average molecular weight is 423 g/mol. The van der Waals surface area contributed by atoms with E-state index in [1.807, 2.05) is 0 Å². The van der Waals surface area contributed by atoms with Gasteiger partial charge in [-0.3, -0.25) is 9.79 Å². The molecule has 2 aromatic carbocycles. The van der Waals surface area contributed by atoms with Crippen molar-refractivity contribution in [3.05, 3.63) is 75.6 Å². The van der Waals surface area contributed by atoms with Crippen LogP contribution in [0.1, 0.15) is 28.4 Å². The van der Waals surface area contributed by atoms with Gasteiger partial charge in [-0.05, 0) is 47.9 Å². The lowest BCUT2D eigenvalue weighted by Gasteiger charge is -2.07. The first-order chi connectivity index (χ1) is 14.8. The number of fused-ring (bicyclic) bond motifs is 1. The summed E-state index contributed by atoms with van der Waals surface area (Å²) >= 11 is 0. The van der Waals surface area contributed by atoms with E-state index < -0.39 is 17.6 Å². The maximum absolute atomic E-state index is 12.5. The van der Waals surface area contributed by atoms with Gasteiger partial charge in [-0.25, -0.2) is 9.59 Å². The molecule has 0 radical (unpaired) electrons. The summed E-state index contributed by atoms with van der Waals surface area (Å²) in [5.41, 5.74) is 11.5. The van der Waals surface area contributed by atoms with Crippen LogP contribution in [0.2, 0.25) is 0 Å². The molecule has 0 aliphatic rings.